The van der Waals surface area contributed by atoms with Crippen LogP contribution in [0.15, 0.2) is 35.3 Å². The van der Waals surface area contributed by atoms with Gasteiger partial charge >= 0.3 is 0 Å². The Labute approximate surface area is 223 Å². The van der Waals surface area contributed by atoms with Crippen LogP contribution in [0.25, 0.3) is 22.4 Å². The van der Waals surface area contributed by atoms with E-state index in [4.69, 9.17) is 0 Å². The van der Waals surface area contributed by atoms with Crippen molar-refractivity contribution in [1.29, 1.82) is 0 Å². The van der Waals surface area contributed by atoms with Gasteiger partial charge in [-0.1, -0.05) is 0 Å². The number of hydrogen-bond donors (Lipinski definition) is 4. The SMILES string of the molecule is CN(C)CCN1C(=O)c2cc3nc(-c4c(N[C@@H](O)Cc5c(F)c(F)cc(F)c5F)cc[nH]c4=O)[nH]c3cc2C1=O. The number of likely N-dealkylation sites (N-methyl/N-ethyl adjacent to an activating group) is 1. The fourth-order valence-electron chi connectivity index (χ4n) is 4.47. The number of carbonyl (C=O) groups is 2. The summed E-state index contributed by atoms with van der Waals surface area (Å²) in [5.74, 6) is -7.48. The number of amides is 2. The van der Waals surface area contributed by atoms with E-state index >= 15 is 0 Å². The quantitative estimate of drug-likeness (QED) is 0.113. The van der Waals surface area contributed by atoms with Crippen LogP contribution >= 0.6 is 0 Å². The van der Waals surface area contributed by atoms with Crippen molar-refractivity contribution in [2.75, 3.05) is 32.5 Å². The minimum Gasteiger partial charge on any atom is -0.373 e. The highest BCUT2D eigenvalue weighted by Crippen LogP contribution is 2.30. The van der Waals surface area contributed by atoms with Crippen LogP contribution < -0.4 is 10.9 Å². The van der Waals surface area contributed by atoms with Crippen LogP contribution in [0.2, 0.25) is 0 Å². The van der Waals surface area contributed by atoms with Crippen LogP contribution in [-0.2, 0) is 6.42 Å². The van der Waals surface area contributed by atoms with Gasteiger partial charge in [0, 0.05) is 37.3 Å². The number of aliphatic hydroxyl groups excluding tert-OH is 1. The molecule has 208 valence electrons. The van der Waals surface area contributed by atoms with Gasteiger partial charge in [0.05, 0.1) is 27.8 Å². The molecule has 14 heteroatoms. The van der Waals surface area contributed by atoms with Gasteiger partial charge < -0.3 is 25.3 Å². The Morgan fingerprint density at radius 2 is 1.68 bits per heavy atom. The van der Waals surface area contributed by atoms with Gasteiger partial charge in [0.2, 0.25) is 0 Å². The van der Waals surface area contributed by atoms with E-state index in [1.54, 1.807) is 0 Å². The third kappa shape index (κ3) is 4.71. The molecule has 0 unspecified atom stereocenters. The van der Waals surface area contributed by atoms with Gasteiger partial charge in [-0.2, -0.15) is 0 Å². The predicted octanol–water partition coefficient (Wildman–Crippen LogP) is 2.61. The zero-order valence-corrected chi connectivity index (χ0v) is 21.1. The molecule has 10 nitrogen and oxygen atoms in total. The molecule has 2 amide bonds. The van der Waals surface area contributed by atoms with Gasteiger partial charge in [-0.25, -0.2) is 22.5 Å². The fraction of sp³-hybridized carbons (Fsp3) is 0.231. The minimum atomic E-state index is -1.78. The number of aromatic nitrogens is 3. The van der Waals surface area contributed by atoms with Gasteiger partial charge in [0.25, 0.3) is 17.4 Å². The predicted molar refractivity (Wildman–Crippen MR) is 136 cm³/mol. The minimum absolute atomic E-state index is 0.00579. The number of aromatic amines is 2. The molecule has 0 spiro atoms. The maximum absolute atomic E-state index is 14.1. The number of rotatable bonds is 8. The molecule has 1 aliphatic rings. The first-order chi connectivity index (χ1) is 19.0. The zero-order valence-electron chi connectivity index (χ0n) is 21.1. The van der Waals surface area contributed by atoms with Crippen molar-refractivity contribution in [3.8, 4) is 11.4 Å². The number of nitrogens with one attached hydrogen (secondary N) is 3. The smallest absolute Gasteiger partial charge is 0.261 e. The monoisotopic (exact) mass is 558 g/mol. The molecular formula is C26H22F4N6O4. The number of pyridine rings is 1. The highest BCUT2D eigenvalue weighted by molar-refractivity contribution is 6.22. The number of imide groups is 1. The van der Waals surface area contributed by atoms with E-state index in [-0.39, 0.29) is 46.3 Å². The van der Waals surface area contributed by atoms with Crippen LogP contribution in [0, 0.1) is 23.3 Å². The van der Waals surface area contributed by atoms with Crippen molar-refractivity contribution in [3.63, 3.8) is 0 Å². The first-order valence-electron chi connectivity index (χ1n) is 12.0. The number of hydrogen-bond acceptors (Lipinski definition) is 7. The molecule has 4 N–H and O–H groups in total. The molecule has 0 radical (unpaired) electrons. The lowest BCUT2D eigenvalue weighted by Crippen LogP contribution is -2.35. The van der Waals surface area contributed by atoms with Crippen LogP contribution in [-0.4, -0.2) is 75.1 Å². The second kappa shape index (κ2) is 10.2. The lowest BCUT2D eigenvalue weighted by atomic mass is 10.1. The first-order valence-corrected chi connectivity index (χ1v) is 12.0. The lowest BCUT2D eigenvalue weighted by Gasteiger charge is -2.17. The van der Waals surface area contributed by atoms with Crippen LogP contribution in [0.3, 0.4) is 0 Å². The highest BCUT2D eigenvalue weighted by atomic mass is 19.2. The van der Waals surface area contributed by atoms with Gasteiger partial charge in [-0.3, -0.25) is 19.3 Å². The molecule has 0 fully saturated rings. The topological polar surface area (TPSA) is 134 Å². The number of H-pyrrole nitrogens is 2. The van der Waals surface area contributed by atoms with Gasteiger partial charge in [-0.05, 0) is 32.3 Å². The van der Waals surface area contributed by atoms with Crippen molar-refractivity contribution in [2.45, 2.75) is 12.6 Å². The zero-order chi connectivity index (χ0) is 28.9. The highest BCUT2D eigenvalue weighted by Gasteiger charge is 2.36. The Morgan fingerprint density at radius 1 is 1.02 bits per heavy atom. The Kier molecular flexibility index (Phi) is 6.89. The fourth-order valence-corrected chi connectivity index (χ4v) is 4.47. The number of fused-ring (bicyclic) bond motifs is 2. The van der Waals surface area contributed by atoms with E-state index in [9.17, 15) is 37.1 Å². The summed E-state index contributed by atoms with van der Waals surface area (Å²) in [5.41, 5.74) is -0.866. The van der Waals surface area contributed by atoms with Gasteiger partial charge in [0.15, 0.2) is 23.3 Å². The summed E-state index contributed by atoms with van der Waals surface area (Å²) in [6.07, 6.45) is -1.41. The molecule has 0 aliphatic carbocycles. The molecule has 5 rings (SSSR count). The second-order valence-corrected chi connectivity index (χ2v) is 9.47. The summed E-state index contributed by atoms with van der Waals surface area (Å²) in [6, 6.07) is 4.29. The average molecular weight is 558 g/mol. The molecule has 4 aromatic rings. The van der Waals surface area contributed by atoms with Crippen molar-refractivity contribution < 1.29 is 32.3 Å². The van der Waals surface area contributed by atoms with Crippen molar-refractivity contribution in [1.82, 2.24) is 24.8 Å². The normalized spacial score (nSPS) is 13.9. The third-order valence-corrected chi connectivity index (χ3v) is 6.46. The molecule has 3 heterocycles. The first kappa shape index (κ1) is 27.0. The second-order valence-electron chi connectivity index (χ2n) is 9.47. The number of aliphatic hydroxyl groups is 1. The summed E-state index contributed by atoms with van der Waals surface area (Å²) in [5, 5.41) is 12.9. The molecule has 0 saturated heterocycles. The van der Waals surface area contributed by atoms with Crippen molar-refractivity contribution >= 4 is 28.5 Å². The summed E-state index contributed by atoms with van der Waals surface area (Å²) >= 11 is 0. The molecule has 0 bridgehead atoms. The summed E-state index contributed by atoms with van der Waals surface area (Å²) in [6.45, 7) is 0.691. The summed E-state index contributed by atoms with van der Waals surface area (Å²) in [7, 11) is 3.64. The number of halogens is 4. The molecule has 0 saturated carbocycles. The van der Waals surface area contributed by atoms with E-state index in [0.29, 0.717) is 12.1 Å². The van der Waals surface area contributed by atoms with E-state index in [0.717, 1.165) is 4.90 Å². The van der Waals surface area contributed by atoms with Crippen LogP contribution in [0.1, 0.15) is 26.3 Å². The number of carbonyl (C=O) groups excluding carboxylic acids is 2. The molecular weight excluding hydrogens is 536 g/mol. The number of nitrogens with zero attached hydrogens (tertiary/aromatic N) is 3. The summed E-state index contributed by atoms with van der Waals surface area (Å²) in [4.78, 5) is 51.2. The maximum atomic E-state index is 14.1. The molecule has 2 aromatic carbocycles. The molecule has 40 heavy (non-hydrogen) atoms. The Bertz CT molecular complexity index is 1660. The Morgan fingerprint density at radius 3 is 2.33 bits per heavy atom. The molecule has 2 aromatic heterocycles. The van der Waals surface area contributed by atoms with Crippen molar-refractivity contribution in [3.05, 3.63) is 80.8 Å². The lowest BCUT2D eigenvalue weighted by molar-refractivity contribution is 0.0645. The van der Waals surface area contributed by atoms with Gasteiger partial charge in [0.1, 0.15) is 17.6 Å². The largest absolute Gasteiger partial charge is 0.373 e. The number of benzene rings is 2. The third-order valence-electron chi connectivity index (χ3n) is 6.46. The average Bonchev–Trinajstić information content (AvgIpc) is 3.40. The van der Waals surface area contributed by atoms with E-state index in [1.807, 2.05) is 19.0 Å². The number of anilines is 1. The van der Waals surface area contributed by atoms with Gasteiger partial charge in [-0.15, -0.1) is 0 Å². The molecule has 1 atom stereocenters. The molecule has 1 aliphatic heterocycles. The van der Waals surface area contributed by atoms with E-state index in [2.05, 4.69) is 20.3 Å². The number of imidazole rings is 1. The Hall–Kier alpha value is -4.56. The van der Waals surface area contributed by atoms with E-state index < -0.39 is 58.9 Å². The standard InChI is InChI=1S/C26H22F4N6O4/c1-35(2)5-6-36-25(39)11-7-17-18(8-12(11)26(36)40)34-23(33-17)20-16(3-4-31-24(20)38)32-19(37)9-13-21(29)14(27)10-15(28)22(13)30/h3-4,7-8,10,19,37H,5-6,9H2,1-2H3,(H,33,34)(H2,31,32,38)/t19-/m0/s1. The summed E-state index contributed by atoms with van der Waals surface area (Å²) < 4.78 is 55.3. The Balaban J connectivity index is 1.46. The van der Waals surface area contributed by atoms with E-state index in [1.165, 1.54) is 24.4 Å². The van der Waals surface area contributed by atoms with Crippen molar-refractivity contribution in [2.24, 2.45) is 0 Å². The maximum Gasteiger partial charge on any atom is 0.261 e. The van der Waals surface area contributed by atoms with Crippen LogP contribution in [0.5, 0.6) is 0 Å². The van der Waals surface area contributed by atoms with Crippen LogP contribution in [0.4, 0.5) is 23.2 Å².